The standard InChI is InChI=1S/C47H53N7O8.C27H32N4O3.C20H23N3O6/c1-28-38(61-2)25-31(44(57)51-34-17-16-29-14-15-30(24-33(29)34)36-27-53-22-8-12-40(53)50-36)26-39(28)62-23-9-21-49-41(55)13-5-3-4-6-20-48-35-11-7-10-32-43(35)47(60)54(46(32)59)37-18-19-42(56)52-45(37)58;1-17-21(16-32)12-20(14-25(17)34-11-3-9-28)27(33)30-23-8-7-18-5-6-19(13-22(18)23)24-15-31-10-2-4-26(31)29-24;24-15-10-9-14(18(27)22-15)23-19(28)12-6-5-7-13(17(12)20(23)29)21-11-4-2-1-3-8-16(25)26/h7,10-11,14-15,24-27,34,37,48H,3-6,8-9,12-13,16-23H2,1-2H3,(H,49,55)(H,51,57)(H,52,56,58);5-6,12-15,23,32H,2-4,7-11,16,28H2,1H3,(H,30,33);5-7,14,21H,1-4,8-11H2,(H,25,26)(H,22,24,27)/t34-,37?;23-;/m11./s1. The molecule has 2 fully saturated rings. The summed E-state index contributed by atoms with van der Waals surface area (Å²) in [7, 11) is 1.57. The quantitative estimate of drug-likeness (QED) is 0.0130. The summed E-state index contributed by atoms with van der Waals surface area (Å²) in [6, 6.07) is 27.7. The van der Waals surface area contributed by atoms with Gasteiger partial charge in [-0.3, -0.25) is 78.0 Å². The molecule has 8 aromatic rings. The van der Waals surface area contributed by atoms with E-state index in [0.717, 1.165) is 182 Å². The van der Waals surface area contributed by atoms with E-state index in [1.54, 1.807) is 67.8 Å². The minimum Gasteiger partial charge on any atom is -0.496 e. The number of hydrogen-bond donors (Lipinski definition) is 10. The number of carbonyl (C=O) groups excluding carboxylic acids is 11. The Kier molecular flexibility index (Phi) is 28.7. The number of aryl methyl sites for hydroxylation is 6. The summed E-state index contributed by atoms with van der Waals surface area (Å²) in [5.74, 6) is -1.41. The van der Waals surface area contributed by atoms with Gasteiger partial charge in [0.2, 0.25) is 29.5 Å². The predicted octanol–water partition coefficient (Wildman–Crippen LogP) is 10.6. The molecule has 0 bridgehead atoms. The molecule has 0 radical (unpaired) electrons. The Hall–Kier alpha value is -12.9. The highest BCUT2D eigenvalue weighted by atomic mass is 16.5. The predicted molar refractivity (Wildman–Crippen MR) is 463 cm³/mol. The molecule has 0 spiro atoms. The number of piperidine rings is 2. The molecule has 6 aliphatic heterocycles. The molecule has 11 N–H and O–H groups in total. The fourth-order valence-electron chi connectivity index (χ4n) is 17.6. The van der Waals surface area contributed by atoms with Crippen LogP contribution in [0.2, 0.25) is 0 Å². The van der Waals surface area contributed by atoms with Gasteiger partial charge in [-0.05, 0) is 204 Å². The number of hydrogen-bond acceptors (Lipinski definition) is 21. The van der Waals surface area contributed by atoms with E-state index >= 15 is 0 Å². The number of ether oxygens (including phenoxy) is 3. The number of imidazole rings is 2. The van der Waals surface area contributed by atoms with Crippen LogP contribution in [0.1, 0.15) is 253 Å². The number of imide groups is 4. The van der Waals surface area contributed by atoms with E-state index in [2.05, 4.69) is 95.1 Å². The SMILES string of the molecule is COc1cc(C(=O)N[C@@H]2CCc3ccc(-c4cn5c(n4)CCC5)cc32)cc(OCCCNC(=O)CCCCCCNc2cccc3c2C(=O)N(C2CCC(=O)NC2=O)C3=O)c1C.Cc1c(CO)cc(C(=O)N[C@@H]2CCc3ccc(-c4cn5c(n4)CCC5)cc32)cc1OCCCN.O=C(O)CCCCCCNc1cccc2c1C(=O)N(C1CCC(=O)NC1=O)C2=O. The Morgan fingerprint density at radius 2 is 1.00 bits per heavy atom. The van der Waals surface area contributed by atoms with Gasteiger partial charge in [-0.1, -0.05) is 62.1 Å². The molecule has 31 heteroatoms. The van der Waals surface area contributed by atoms with E-state index in [1.807, 2.05) is 13.8 Å². The van der Waals surface area contributed by atoms with Crippen molar-refractivity contribution < 1.29 is 82.0 Å². The number of aliphatic hydroxyl groups excluding tert-OH is 1. The average Bonchev–Trinajstić information content (AvgIpc) is 1.58. The molecule has 6 aromatic carbocycles. The molecule has 31 nitrogen and oxygen atoms in total. The number of nitrogens with one attached hydrogen (secondary N) is 7. The third kappa shape index (κ3) is 20.5. The van der Waals surface area contributed by atoms with Crippen molar-refractivity contribution in [1.82, 2.24) is 55.5 Å². The smallest absolute Gasteiger partial charge is 0.303 e. The van der Waals surface area contributed by atoms with Gasteiger partial charge < -0.3 is 65.9 Å². The van der Waals surface area contributed by atoms with Crippen molar-refractivity contribution in [3.8, 4) is 39.8 Å². The van der Waals surface area contributed by atoms with Gasteiger partial charge in [0.25, 0.3) is 35.4 Å². The number of nitrogens with zero attached hydrogens (tertiary/aromatic N) is 6. The number of methoxy groups -OCH3 is 1. The van der Waals surface area contributed by atoms with Gasteiger partial charge in [0, 0.05) is 123 Å². The molecule has 11 amide bonds. The first-order valence-corrected chi connectivity index (χ1v) is 43.6. The first kappa shape index (κ1) is 88.4. The highest BCUT2D eigenvalue weighted by Crippen LogP contribution is 2.41. The maximum absolute atomic E-state index is 13.7. The van der Waals surface area contributed by atoms with Crippen LogP contribution in [0.25, 0.3) is 22.5 Å². The lowest BCUT2D eigenvalue weighted by Gasteiger charge is -2.27. The van der Waals surface area contributed by atoms with Crippen LogP contribution >= 0.6 is 0 Å². The van der Waals surface area contributed by atoms with Crippen molar-refractivity contribution in [3.63, 3.8) is 0 Å². The first-order chi connectivity index (χ1) is 60.6. The van der Waals surface area contributed by atoms with E-state index in [9.17, 15) is 62.6 Å². The van der Waals surface area contributed by atoms with Crippen LogP contribution in [-0.4, -0.2) is 169 Å². The third-order valence-electron chi connectivity index (χ3n) is 24.4. The number of rotatable bonds is 35. The maximum Gasteiger partial charge on any atom is 0.303 e. The number of amides is 11. The molecule has 2 aliphatic carbocycles. The molecule has 2 aromatic heterocycles. The second-order valence-corrected chi connectivity index (χ2v) is 32.8. The first-order valence-electron chi connectivity index (χ1n) is 43.6. The minimum atomic E-state index is -1.01. The van der Waals surface area contributed by atoms with Crippen molar-refractivity contribution in [2.75, 3.05) is 57.1 Å². The summed E-state index contributed by atoms with van der Waals surface area (Å²) in [6.45, 7) is 8.63. The number of aliphatic hydroxyl groups is 1. The Balaban J connectivity index is 0.000000169. The van der Waals surface area contributed by atoms with Crippen LogP contribution in [0.3, 0.4) is 0 Å². The van der Waals surface area contributed by atoms with Gasteiger partial charge in [0.05, 0.1) is 72.7 Å². The van der Waals surface area contributed by atoms with Gasteiger partial charge >= 0.3 is 5.97 Å². The number of carboxylic acids is 1. The lowest BCUT2D eigenvalue weighted by molar-refractivity contribution is -0.138. The third-order valence-corrected chi connectivity index (χ3v) is 24.4. The average molecular weight is 1710 g/mol. The summed E-state index contributed by atoms with van der Waals surface area (Å²) in [4.78, 5) is 161. The van der Waals surface area contributed by atoms with Crippen molar-refractivity contribution in [2.45, 2.75) is 212 Å². The second-order valence-electron chi connectivity index (χ2n) is 32.8. The van der Waals surface area contributed by atoms with E-state index in [4.69, 9.17) is 35.0 Å². The number of unbranched alkanes of at least 4 members (excludes halogenated alkanes) is 6. The number of benzene rings is 6. The second kappa shape index (κ2) is 40.6. The highest BCUT2D eigenvalue weighted by molar-refractivity contribution is 6.26. The lowest BCUT2D eigenvalue weighted by Crippen LogP contribution is -2.54. The van der Waals surface area contributed by atoms with Gasteiger partial charge in [0.1, 0.15) is 41.0 Å². The Bertz CT molecular complexity index is 5450. The number of anilines is 2. The van der Waals surface area contributed by atoms with E-state index in [1.165, 1.54) is 11.1 Å². The van der Waals surface area contributed by atoms with Gasteiger partial charge in [-0.25, -0.2) is 9.97 Å². The van der Waals surface area contributed by atoms with Crippen molar-refractivity contribution >= 4 is 82.3 Å². The zero-order valence-electron chi connectivity index (χ0n) is 70.8. The number of carboxylic acid groups (broad SMARTS) is 1. The van der Waals surface area contributed by atoms with Crippen LogP contribution in [-0.2, 0) is 74.1 Å². The molecule has 4 atom stereocenters. The van der Waals surface area contributed by atoms with Crippen LogP contribution < -0.4 is 57.2 Å². The number of carbonyl (C=O) groups is 12. The zero-order chi connectivity index (χ0) is 88.0. The summed E-state index contributed by atoms with van der Waals surface area (Å²) in [5.41, 5.74) is 19.8. The number of aromatic nitrogens is 4. The molecule has 2 unspecified atom stereocenters. The minimum absolute atomic E-state index is 0.0302. The van der Waals surface area contributed by atoms with Gasteiger partial charge in [0.15, 0.2) is 0 Å². The van der Waals surface area contributed by atoms with E-state index in [-0.39, 0.29) is 90.8 Å². The van der Waals surface area contributed by atoms with Crippen LogP contribution in [0, 0.1) is 13.8 Å². The Labute approximate surface area is 724 Å². The highest BCUT2D eigenvalue weighted by Gasteiger charge is 2.48. The summed E-state index contributed by atoms with van der Waals surface area (Å²) < 4.78 is 22.1. The van der Waals surface area contributed by atoms with Gasteiger partial charge in [-0.15, -0.1) is 0 Å². The molecule has 656 valence electrons. The van der Waals surface area contributed by atoms with Crippen LogP contribution in [0.4, 0.5) is 11.4 Å². The van der Waals surface area contributed by atoms with Crippen molar-refractivity contribution in [2.24, 2.45) is 5.73 Å². The van der Waals surface area contributed by atoms with Crippen molar-refractivity contribution in [1.29, 1.82) is 0 Å². The normalized spacial score (nSPS) is 17.5. The molecular formula is C94H108N14O17. The lowest BCUT2D eigenvalue weighted by atomic mass is 10.0. The Morgan fingerprint density at radius 3 is 1.48 bits per heavy atom. The topological polar surface area (TPSA) is 425 Å². The van der Waals surface area contributed by atoms with Gasteiger partial charge in [-0.2, -0.15) is 0 Å². The molecule has 8 heterocycles. The molecular weight excluding hydrogens is 1600 g/mol. The number of fused-ring (bicyclic) bond motifs is 6. The zero-order valence-corrected chi connectivity index (χ0v) is 70.8. The van der Waals surface area contributed by atoms with E-state index < -0.39 is 65.3 Å². The Morgan fingerprint density at radius 1 is 0.520 bits per heavy atom. The number of aliphatic carboxylic acids is 1. The summed E-state index contributed by atoms with van der Waals surface area (Å²) in [6.07, 6.45) is 20.7. The van der Waals surface area contributed by atoms with Crippen LogP contribution in [0.15, 0.2) is 109 Å². The molecule has 8 aliphatic rings. The van der Waals surface area contributed by atoms with Crippen molar-refractivity contribution in [3.05, 3.63) is 193 Å². The molecule has 125 heavy (non-hydrogen) atoms. The number of nitrogens with two attached hydrogens (primary N) is 1. The molecule has 16 rings (SSSR count). The monoisotopic (exact) mass is 1700 g/mol. The summed E-state index contributed by atoms with van der Waals surface area (Å²) >= 11 is 0. The largest absolute Gasteiger partial charge is 0.496 e. The molecule has 2 saturated heterocycles. The fraction of sp³-hybridized carbons (Fsp3) is 0.426. The van der Waals surface area contributed by atoms with E-state index in [0.29, 0.717) is 104 Å². The molecule has 0 saturated carbocycles. The summed E-state index contributed by atoms with van der Waals surface area (Å²) in [5, 5.41) is 38.7. The fourth-order valence-corrected chi connectivity index (χ4v) is 17.6. The maximum atomic E-state index is 13.7. The van der Waals surface area contributed by atoms with Crippen LogP contribution in [0.5, 0.6) is 17.2 Å².